The van der Waals surface area contributed by atoms with Gasteiger partial charge in [-0.1, -0.05) is 36.4 Å². The molecular formula is C18H21FN2O3S. The Morgan fingerprint density at radius 1 is 1.08 bits per heavy atom. The Morgan fingerprint density at radius 3 is 2.28 bits per heavy atom. The first kappa shape index (κ1) is 18.9. The van der Waals surface area contributed by atoms with Crippen LogP contribution in [0.5, 0.6) is 0 Å². The molecule has 5 nitrogen and oxygen atoms in total. The number of sulfonamides is 1. The quantitative estimate of drug-likeness (QED) is 0.857. The molecule has 1 amide bonds. The molecular weight excluding hydrogens is 343 g/mol. The maximum Gasteiger partial charge on any atom is 0.244 e. The van der Waals surface area contributed by atoms with Crippen molar-refractivity contribution in [3.63, 3.8) is 0 Å². The number of anilines is 1. The van der Waals surface area contributed by atoms with Crippen molar-refractivity contribution in [1.29, 1.82) is 0 Å². The summed E-state index contributed by atoms with van der Waals surface area (Å²) < 4.78 is 38.7. The van der Waals surface area contributed by atoms with Gasteiger partial charge in [-0.25, -0.2) is 12.8 Å². The molecule has 1 N–H and O–H groups in total. The first-order chi connectivity index (χ1) is 11.7. The molecule has 2 aromatic carbocycles. The fourth-order valence-corrected chi connectivity index (χ4v) is 3.75. The van der Waals surface area contributed by atoms with E-state index < -0.39 is 27.8 Å². The van der Waals surface area contributed by atoms with Crippen molar-refractivity contribution < 1.29 is 17.6 Å². The Balaban J connectivity index is 2.24. The average Bonchev–Trinajstić information content (AvgIpc) is 2.54. The number of hydrogen-bond donors (Lipinski definition) is 1. The van der Waals surface area contributed by atoms with Gasteiger partial charge in [-0.15, -0.1) is 0 Å². The fraction of sp³-hybridized carbons (Fsp3) is 0.278. The average molecular weight is 364 g/mol. The second-order valence-corrected chi connectivity index (χ2v) is 7.72. The van der Waals surface area contributed by atoms with Gasteiger partial charge in [-0.05, 0) is 37.6 Å². The summed E-state index contributed by atoms with van der Waals surface area (Å²) in [5.74, 6) is -1.04. The maximum absolute atomic E-state index is 13.5. The van der Waals surface area contributed by atoms with Gasteiger partial charge in [0.05, 0.1) is 18.0 Å². The highest BCUT2D eigenvalue weighted by Gasteiger charge is 2.30. The summed E-state index contributed by atoms with van der Waals surface area (Å²) >= 11 is 0. The van der Waals surface area contributed by atoms with Crippen molar-refractivity contribution in [3.8, 4) is 0 Å². The third kappa shape index (κ3) is 4.79. The molecule has 0 heterocycles. The summed E-state index contributed by atoms with van der Waals surface area (Å²) in [6, 6.07) is 13.2. The molecule has 0 bridgehead atoms. The van der Waals surface area contributed by atoms with E-state index in [1.165, 1.54) is 25.1 Å². The normalized spacial score (nSPS) is 13.8. The van der Waals surface area contributed by atoms with E-state index in [4.69, 9.17) is 0 Å². The van der Waals surface area contributed by atoms with Gasteiger partial charge in [0, 0.05) is 0 Å². The first-order valence-corrected chi connectivity index (χ1v) is 9.65. The molecule has 0 aliphatic carbocycles. The minimum absolute atomic E-state index is 0.109. The van der Waals surface area contributed by atoms with E-state index in [0.29, 0.717) is 0 Å². The number of nitrogens with zero attached hydrogens (tertiary/aromatic N) is 1. The standard InChI is InChI=1S/C18H21FN2O3S/c1-13(15-8-5-4-6-9-15)20-18(22)14(2)21(25(3,23)24)17-11-7-10-16(19)12-17/h4-14H,1-3H3,(H,20,22)/t13-,14-/m0/s1. The maximum atomic E-state index is 13.5. The minimum Gasteiger partial charge on any atom is -0.348 e. The van der Waals surface area contributed by atoms with Crippen LogP contribution < -0.4 is 9.62 Å². The molecule has 2 atom stereocenters. The number of halogens is 1. The summed E-state index contributed by atoms with van der Waals surface area (Å²) in [5, 5.41) is 2.79. The van der Waals surface area contributed by atoms with Crippen LogP contribution >= 0.6 is 0 Å². The molecule has 134 valence electrons. The van der Waals surface area contributed by atoms with E-state index in [1.54, 1.807) is 0 Å². The lowest BCUT2D eigenvalue weighted by atomic mass is 10.1. The number of carbonyl (C=O) groups excluding carboxylic acids is 1. The van der Waals surface area contributed by atoms with Crippen LogP contribution in [-0.2, 0) is 14.8 Å². The zero-order valence-corrected chi connectivity index (χ0v) is 15.1. The van der Waals surface area contributed by atoms with E-state index in [-0.39, 0.29) is 11.7 Å². The molecule has 25 heavy (non-hydrogen) atoms. The Kier molecular flexibility index (Phi) is 5.79. The van der Waals surface area contributed by atoms with Crippen LogP contribution in [0.1, 0.15) is 25.5 Å². The van der Waals surface area contributed by atoms with Crippen molar-refractivity contribution >= 4 is 21.6 Å². The summed E-state index contributed by atoms with van der Waals surface area (Å²) in [6.45, 7) is 3.28. The first-order valence-electron chi connectivity index (χ1n) is 7.80. The monoisotopic (exact) mass is 364 g/mol. The molecule has 0 aromatic heterocycles. The lowest BCUT2D eigenvalue weighted by molar-refractivity contribution is -0.122. The van der Waals surface area contributed by atoms with Gasteiger partial charge in [0.25, 0.3) is 0 Å². The van der Waals surface area contributed by atoms with Crippen LogP contribution in [0.4, 0.5) is 10.1 Å². The molecule has 0 aliphatic heterocycles. The van der Waals surface area contributed by atoms with E-state index in [9.17, 15) is 17.6 Å². The van der Waals surface area contributed by atoms with Gasteiger partial charge in [0.2, 0.25) is 15.9 Å². The predicted octanol–water partition coefficient (Wildman–Crippen LogP) is 2.86. The number of carbonyl (C=O) groups is 1. The molecule has 0 saturated carbocycles. The Hall–Kier alpha value is -2.41. The second-order valence-electron chi connectivity index (χ2n) is 5.86. The van der Waals surface area contributed by atoms with E-state index >= 15 is 0 Å². The minimum atomic E-state index is -3.77. The molecule has 0 fully saturated rings. The number of nitrogens with one attached hydrogen (secondary N) is 1. The van der Waals surface area contributed by atoms with Crippen LogP contribution in [0.2, 0.25) is 0 Å². The van der Waals surface area contributed by atoms with Crippen LogP contribution in [0, 0.1) is 5.82 Å². The van der Waals surface area contributed by atoms with E-state index in [0.717, 1.165) is 22.2 Å². The van der Waals surface area contributed by atoms with Crippen LogP contribution in [0.15, 0.2) is 54.6 Å². The van der Waals surface area contributed by atoms with Crippen molar-refractivity contribution in [2.24, 2.45) is 0 Å². The van der Waals surface area contributed by atoms with Gasteiger partial charge in [0.15, 0.2) is 0 Å². The van der Waals surface area contributed by atoms with Crippen LogP contribution in [0.3, 0.4) is 0 Å². The van der Waals surface area contributed by atoms with E-state index in [1.807, 2.05) is 37.3 Å². The Labute approximate surface area is 147 Å². The smallest absolute Gasteiger partial charge is 0.244 e. The molecule has 0 unspecified atom stereocenters. The molecule has 0 aliphatic rings. The summed E-state index contributed by atoms with van der Waals surface area (Å²) in [4.78, 5) is 12.6. The molecule has 7 heteroatoms. The van der Waals surface area contributed by atoms with E-state index in [2.05, 4.69) is 5.32 Å². The van der Waals surface area contributed by atoms with Gasteiger partial charge >= 0.3 is 0 Å². The Bertz CT molecular complexity index is 840. The predicted molar refractivity (Wildman–Crippen MR) is 96.2 cm³/mol. The third-order valence-electron chi connectivity index (χ3n) is 3.81. The zero-order chi connectivity index (χ0) is 18.6. The highest BCUT2D eigenvalue weighted by atomic mass is 32.2. The molecule has 2 rings (SSSR count). The van der Waals surface area contributed by atoms with Crippen LogP contribution in [-0.4, -0.2) is 26.6 Å². The van der Waals surface area contributed by atoms with Crippen molar-refractivity contribution in [2.75, 3.05) is 10.6 Å². The third-order valence-corrected chi connectivity index (χ3v) is 5.05. The molecule has 0 radical (unpaired) electrons. The highest BCUT2D eigenvalue weighted by Crippen LogP contribution is 2.22. The molecule has 0 saturated heterocycles. The lowest BCUT2D eigenvalue weighted by Crippen LogP contribution is -2.48. The summed E-state index contributed by atoms with van der Waals surface area (Å²) in [6.07, 6.45) is 0.988. The lowest BCUT2D eigenvalue weighted by Gasteiger charge is -2.29. The summed E-state index contributed by atoms with van der Waals surface area (Å²) in [5.41, 5.74) is 1.01. The largest absolute Gasteiger partial charge is 0.348 e. The SMILES string of the molecule is C[C@H](NC(=O)[C@H](C)N(c1cccc(F)c1)S(C)(=O)=O)c1ccccc1. The molecule has 2 aromatic rings. The molecule has 0 spiro atoms. The summed E-state index contributed by atoms with van der Waals surface area (Å²) in [7, 11) is -3.77. The van der Waals surface area contributed by atoms with Crippen molar-refractivity contribution in [2.45, 2.75) is 25.9 Å². The van der Waals surface area contributed by atoms with Crippen molar-refractivity contribution in [1.82, 2.24) is 5.32 Å². The number of benzene rings is 2. The zero-order valence-electron chi connectivity index (χ0n) is 14.3. The highest BCUT2D eigenvalue weighted by molar-refractivity contribution is 7.92. The van der Waals surface area contributed by atoms with Gasteiger partial charge in [-0.2, -0.15) is 0 Å². The van der Waals surface area contributed by atoms with Crippen LogP contribution in [0.25, 0.3) is 0 Å². The number of rotatable bonds is 6. The van der Waals surface area contributed by atoms with Gasteiger partial charge in [0.1, 0.15) is 11.9 Å². The second kappa shape index (κ2) is 7.65. The Morgan fingerprint density at radius 2 is 1.72 bits per heavy atom. The fourth-order valence-electron chi connectivity index (χ4n) is 2.58. The topological polar surface area (TPSA) is 66.5 Å². The number of hydrogen-bond acceptors (Lipinski definition) is 3. The van der Waals surface area contributed by atoms with Crippen molar-refractivity contribution in [3.05, 3.63) is 66.0 Å². The number of amides is 1. The van der Waals surface area contributed by atoms with Gasteiger partial charge in [-0.3, -0.25) is 9.10 Å². The van der Waals surface area contributed by atoms with Gasteiger partial charge < -0.3 is 5.32 Å².